The molecule has 40 nitrogen and oxygen atoms in total. The van der Waals surface area contributed by atoms with Gasteiger partial charge in [-0.2, -0.15) is 0 Å². The van der Waals surface area contributed by atoms with Crippen molar-refractivity contribution in [2.24, 2.45) is 0 Å². The van der Waals surface area contributed by atoms with Crippen molar-refractivity contribution < 1.29 is 158 Å². The summed E-state index contributed by atoms with van der Waals surface area (Å²) in [5.41, 5.74) is -1.31. The van der Waals surface area contributed by atoms with E-state index in [1.54, 1.807) is 0 Å². The fourth-order valence-electron chi connectivity index (χ4n) is 13.8. The van der Waals surface area contributed by atoms with Crippen molar-refractivity contribution in [3.05, 3.63) is 0 Å². The molecule has 682 valence electrons. The molecular formula is C80H129N7O33. The molecule has 15 atom stereocenters. The van der Waals surface area contributed by atoms with E-state index in [0.717, 1.165) is 101 Å². The van der Waals surface area contributed by atoms with Crippen molar-refractivity contribution in [2.45, 2.75) is 347 Å². The summed E-state index contributed by atoms with van der Waals surface area (Å²) in [6.07, 6.45) is -4.64. The molecule has 0 aromatic carbocycles. The smallest absolute Gasteiger partial charge is 0.303 e. The number of carboxylic acids is 1. The first kappa shape index (κ1) is 105. The lowest BCUT2D eigenvalue weighted by Crippen LogP contribution is -2.66. The summed E-state index contributed by atoms with van der Waals surface area (Å²) in [5.74, 6) is -10.8. The topological polar surface area (TPSA) is 533 Å². The second-order valence-electron chi connectivity index (χ2n) is 29.9. The standard InChI is InChI=1S/C80H129N7O33/c1-48(88)84-68-74(115-57(10)97)71(112-54(7)94)60(45-109-51(4)91)118-77(68)106-42-28-20-25-39-81-63(100)33-36-80(87-66(103)31-23-18-16-14-13-15-17-19-24-32-67(104)105,37-34-64(101)82-40-26-21-29-43-107-78-69(85-49(2)89)75(116-58(11)98)72(113-55(8)95)61(119-78)46-110-52(5)92)38-35-65(102)83-41-27-22-30-44-108-79-70(86-50(3)90)76(117-59(12)99)73(114-56(9)96)62(120-79)47-111-53(6)93/h60-62,68-79H,13-47H2,1-12H3,(H,81,100)(H,82,101)(H,83,102)(H,84,88)(H,85,89)(H,86,90)(H,87,103)(H,104,105)/t60?,61?,62?,68?,69?,70?,71-,72-,73-,74?,75?,76?,77+,78+,79+,80?/m0/s1. The van der Waals surface area contributed by atoms with Crippen molar-refractivity contribution >= 4 is 101 Å². The highest BCUT2D eigenvalue weighted by Crippen LogP contribution is 2.33. The molecule has 0 radical (unpaired) electrons. The van der Waals surface area contributed by atoms with Gasteiger partial charge in [0.2, 0.25) is 41.4 Å². The Morgan fingerprint density at radius 1 is 0.292 bits per heavy atom. The summed E-state index contributed by atoms with van der Waals surface area (Å²) in [5, 5.41) is 28.9. The van der Waals surface area contributed by atoms with E-state index in [4.69, 9.17) is 76.2 Å². The summed E-state index contributed by atoms with van der Waals surface area (Å²) in [6.45, 7) is 13.1. The van der Waals surface area contributed by atoms with Crippen molar-refractivity contribution in [1.82, 2.24) is 37.2 Å². The van der Waals surface area contributed by atoms with Gasteiger partial charge in [-0.3, -0.25) is 81.5 Å². The van der Waals surface area contributed by atoms with Crippen LogP contribution in [0.1, 0.15) is 250 Å². The van der Waals surface area contributed by atoms with E-state index in [-0.39, 0.29) is 96.7 Å². The molecule has 0 bridgehead atoms. The lowest BCUT2D eigenvalue weighted by Gasteiger charge is -2.44. The van der Waals surface area contributed by atoms with Gasteiger partial charge in [-0.1, -0.05) is 44.9 Å². The number of hydrogen-bond acceptors (Lipinski definition) is 32. The summed E-state index contributed by atoms with van der Waals surface area (Å²) >= 11 is 0. The van der Waals surface area contributed by atoms with Gasteiger partial charge in [0, 0.05) is 160 Å². The second kappa shape index (κ2) is 57.9. The molecule has 9 unspecified atom stereocenters. The van der Waals surface area contributed by atoms with Crippen LogP contribution in [0, 0.1) is 0 Å². The molecule has 3 aliphatic rings. The number of carbonyl (C=O) groups is 17. The molecule has 0 aromatic heterocycles. The van der Waals surface area contributed by atoms with E-state index in [1.807, 2.05) is 0 Å². The Morgan fingerprint density at radius 2 is 0.542 bits per heavy atom. The lowest BCUT2D eigenvalue weighted by molar-refractivity contribution is -0.277. The van der Waals surface area contributed by atoms with Gasteiger partial charge in [-0.25, -0.2) is 0 Å². The fourth-order valence-corrected chi connectivity index (χ4v) is 13.8. The maximum atomic E-state index is 14.3. The summed E-state index contributed by atoms with van der Waals surface area (Å²) < 4.78 is 85.2. The van der Waals surface area contributed by atoms with Crippen LogP contribution in [0.2, 0.25) is 0 Å². The molecule has 0 spiro atoms. The zero-order valence-electron chi connectivity index (χ0n) is 71.4. The van der Waals surface area contributed by atoms with E-state index in [1.165, 1.54) is 20.8 Å². The monoisotopic (exact) mass is 1720 g/mol. The minimum atomic E-state index is -1.33. The van der Waals surface area contributed by atoms with E-state index in [9.17, 15) is 81.5 Å². The van der Waals surface area contributed by atoms with Crippen LogP contribution in [0.5, 0.6) is 0 Å². The second-order valence-corrected chi connectivity index (χ2v) is 29.9. The van der Waals surface area contributed by atoms with E-state index < -0.39 is 212 Å². The number of carboxylic acid groups (broad SMARTS) is 1. The molecule has 40 heteroatoms. The Labute approximate surface area is 700 Å². The average Bonchev–Trinajstić information content (AvgIpc) is 0.797. The van der Waals surface area contributed by atoms with Crippen molar-refractivity contribution in [1.29, 1.82) is 0 Å². The Kier molecular flexibility index (Phi) is 50.6. The first-order valence-corrected chi connectivity index (χ1v) is 41.3. The van der Waals surface area contributed by atoms with Crippen LogP contribution in [-0.4, -0.2) is 263 Å². The Hall–Kier alpha value is -9.25. The molecule has 8 N–H and O–H groups in total. The Morgan fingerprint density at radius 3 is 0.792 bits per heavy atom. The van der Waals surface area contributed by atoms with Crippen molar-refractivity contribution in [3.63, 3.8) is 0 Å². The van der Waals surface area contributed by atoms with Crippen molar-refractivity contribution in [2.75, 3.05) is 59.3 Å². The van der Waals surface area contributed by atoms with Crippen LogP contribution in [0.25, 0.3) is 0 Å². The number of nitrogens with one attached hydrogen (secondary N) is 7. The average molecular weight is 1720 g/mol. The summed E-state index contributed by atoms with van der Waals surface area (Å²) in [6, 6.07) is -3.55. The van der Waals surface area contributed by atoms with Crippen molar-refractivity contribution in [3.8, 4) is 0 Å². The van der Waals surface area contributed by atoms with Gasteiger partial charge in [0.25, 0.3) is 0 Å². The number of esters is 9. The molecule has 0 aliphatic carbocycles. The number of hydrogen-bond donors (Lipinski definition) is 8. The molecule has 0 aromatic rings. The Bertz CT molecular complexity index is 3010. The lowest BCUT2D eigenvalue weighted by atomic mass is 9.82. The molecule has 3 saturated heterocycles. The minimum Gasteiger partial charge on any atom is -0.481 e. The van der Waals surface area contributed by atoms with Crippen LogP contribution >= 0.6 is 0 Å². The normalized spacial score (nSPS) is 22.9. The third-order valence-electron chi connectivity index (χ3n) is 19.2. The number of rotatable bonds is 58. The van der Waals surface area contributed by atoms with E-state index >= 15 is 0 Å². The van der Waals surface area contributed by atoms with Gasteiger partial charge >= 0.3 is 59.7 Å². The van der Waals surface area contributed by atoms with Crippen LogP contribution < -0.4 is 37.2 Å². The fraction of sp³-hybridized carbons (Fsp3) is 0.787. The largest absolute Gasteiger partial charge is 0.481 e. The first-order valence-electron chi connectivity index (χ1n) is 41.3. The molecule has 3 fully saturated rings. The third-order valence-corrected chi connectivity index (χ3v) is 19.2. The van der Waals surface area contributed by atoms with Gasteiger partial charge in [-0.05, 0) is 89.9 Å². The minimum absolute atomic E-state index is 0.0124. The number of amides is 7. The highest BCUT2D eigenvalue weighted by atomic mass is 16.7. The molecule has 120 heavy (non-hydrogen) atoms. The van der Waals surface area contributed by atoms with E-state index in [2.05, 4.69) is 37.2 Å². The predicted octanol–water partition coefficient (Wildman–Crippen LogP) is 3.44. The Balaban J connectivity index is 1.85. The first-order chi connectivity index (χ1) is 56.9. The molecular weight excluding hydrogens is 1590 g/mol. The predicted molar refractivity (Wildman–Crippen MR) is 417 cm³/mol. The SMILES string of the molecule is CC(=O)NC1C(OC(C)=O)[C@@H](OC(C)=O)C(COC(C)=O)O[C@H]1OCCCCCNC(=O)CCC(CCC(=O)NCCCCCO[C@@H]1OC(COC(C)=O)[C@H](OC(C)=O)C(OC(C)=O)C1NC(C)=O)(CCC(=O)NCCCCCO[C@@H]1OC(COC(C)=O)[C@H](OC(C)=O)C(OC(C)=O)C1NC(C)=O)NC(=O)CCCCCCCCCCCC(=O)O. The zero-order chi connectivity index (χ0) is 89.3. The van der Waals surface area contributed by atoms with Crippen LogP contribution in [0.3, 0.4) is 0 Å². The number of carbonyl (C=O) groups excluding carboxylic acids is 16. The third kappa shape index (κ3) is 44.3. The zero-order valence-corrected chi connectivity index (χ0v) is 71.4. The van der Waals surface area contributed by atoms with Gasteiger partial charge in [0.05, 0.1) is 0 Å². The summed E-state index contributed by atoms with van der Waals surface area (Å²) in [4.78, 5) is 214. The maximum absolute atomic E-state index is 14.3. The van der Waals surface area contributed by atoms with E-state index in [0.29, 0.717) is 77.0 Å². The van der Waals surface area contributed by atoms with Gasteiger partial charge in [0.15, 0.2) is 55.5 Å². The summed E-state index contributed by atoms with van der Waals surface area (Å²) in [7, 11) is 0. The van der Waals surface area contributed by atoms with Crippen LogP contribution in [0.15, 0.2) is 0 Å². The number of unbranched alkanes of at least 4 members (excludes halogenated alkanes) is 14. The van der Waals surface area contributed by atoms with Crippen LogP contribution in [-0.2, 0) is 153 Å². The molecule has 3 heterocycles. The van der Waals surface area contributed by atoms with Gasteiger partial charge in [-0.15, -0.1) is 0 Å². The molecule has 0 saturated carbocycles. The number of ether oxygens (including phenoxy) is 15. The molecule has 3 rings (SSSR count). The maximum Gasteiger partial charge on any atom is 0.303 e. The quantitative estimate of drug-likeness (QED) is 0.0246. The van der Waals surface area contributed by atoms with Gasteiger partial charge in [0.1, 0.15) is 56.3 Å². The highest BCUT2D eigenvalue weighted by Gasteiger charge is 2.54. The van der Waals surface area contributed by atoms with Gasteiger partial charge < -0.3 is 113 Å². The van der Waals surface area contributed by atoms with Crippen LogP contribution in [0.4, 0.5) is 0 Å². The highest BCUT2D eigenvalue weighted by molar-refractivity contribution is 5.81. The molecule has 3 aliphatic heterocycles. The molecule has 7 amide bonds. The number of aliphatic carboxylic acids is 1.